The van der Waals surface area contributed by atoms with Crippen molar-refractivity contribution in [2.24, 2.45) is 0 Å². The van der Waals surface area contributed by atoms with Crippen molar-refractivity contribution < 1.29 is 133 Å². The van der Waals surface area contributed by atoms with Crippen LogP contribution in [0.25, 0.3) is 66.8 Å². The number of benzene rings is 14. The summed E-state index contributed by atoms with van der Waals surface area (Å²) in [7, 11) is 0. The molecule has 0 saturated carbocycles. The number of phenolic OH excluding ortho intramolecular Hbond substituents is 1. The molecule has 0 spiro atoms. The minimum absolute atomic E-state index is 0. The predicted octanol–water partition coefficient (Wildman–Crippen LogP) is 20.3. The molecule has 0 heterocycles. The Labute approximate surface area is 705 Å². The third-order valence-electron chi connectivity index (χ3n) is 15.5. The van der Waals surface area contributed by atoms with Crippen LogP contribution >= 0.6 is 55.1 Å². The normalized spacial score (nSPS) is 10.0. The number of aromatic hydroxyl groups is 1. The van der Waals surface area contributed by atoms with Gasteiger partial charge in [-0.05, 0) is 220 Å². The number of phenols is 1. The summed E-state index contributed by atoms with van der Waals surface area (Å²) in [6.07, 6.45) is 0. The van der Waals surface area contributed by atoms with Gasteiger partial charge in [0.25, 0.3) is 6.47 Å². The zero-order valence-corrected chi connectivity index (χ0v) is 64.9. The zero-order valence-electron chi connectivity index (χ0n) is 54.9. The number of anilines is 6. The molecule has 0 amide bonds. The van der Waals surface area contributed by atoms with E-state index in [9.17, 15) is 9.50 Å². The van der Waals surface area contributed by atoms with Gasteiger partial charge in [-0.2, -0.15) is 0 Å². The average Bonchev–Trinajstić information content (AvgIpc) is 0.806. The van der Waals surface area contributed by atoms with Crippen molar-refractivity contribution in [3.8, 4) is 84.0 Å². The van der Waals surface area contributed by atoms with E-state index >= 15 is 0 Å². The van der Waals surface area contributed by atoms with E-state index in [-0.39, 0.29) is 136 Å². The van der Waals surface area contributed by atoms with E-state index in [0.29, 0.717) is 21.0 Å². The van der Waals surface area contributed by atoms with Crippen LogP contribution in [0.15, 0.2) is 361 Å². The second-order valence-corrected chi connectivity index (χ2v) is 24.4. The van der Waals surface area contributed by atoms with Crippen LogP contribution in [0.2, 0.25) is 10.0 Å². The Bertz CT molecular complexity index is 4920. The molecule has 14 heteroatoms. The van der Waals surface area contributed by atoms with Gasteiger partial charge in [-0.25, -0.2) is 4.39 Å². The molecular formula is C87H69Br2Cl2FK2N2O5. The van der Waals surface area contributed by atoms with Crippen LogP contribution in [0.5, 0.6) is 17.2 Å². The van der Waals surface area contributed by atoms with Crippen LogP contribution in [0.3, 0.4) is 0 Å². The monoisotopic (exact) mass is 1550 g/mol. The Morgan fingerprint density at radius 2 is 0.624 bits per heavy atom. The molecule has 7 nitrogen and oxygen atoms in total. The first kappa shape index (κ1) is 80.8. The molecule has 0 atom stereocenters. The van der Waals surface area contributed by atoms with Crippen molar-refractivity contribution in [1.29, 1.82) is 0 Å². The number of para-hydroxylation sites is 2. The summed E-state index contributed by atoms with van der Waals surface area (Å²) < 4.78 is 20.0. The number of ether oxygens (including phenoxy) is 1. The summed E-state index contributed by atoms with van der Waals surface area (Å²) in [5.41, 5.74) is 20.2. The topological polar surface area (TPSA) is 85.3 Å². The number of carbonyl (C=O) groups is 1. The molecule has 0 fully saturated rings. The van der Waals surface area contributed by atoms with Crippen molar-refractivity contribution in [1.82, 2.24) is 0 Å². The van der Waals surface area contributed by atoms with Gasteiger partial charge >= 0.3 is 103 Å². The second-order valence-electron chi connectivity index (χ2n) is 21.9. The quantitative estimate of drug-likeness (QED) is 0.0360. The van der Waals surface area contributed by atoms with E-state index in [1.54, 1.807) is 24.3 Å². The fourth-order valence-corrected chi connectivity index (χ4v) is 11.9. The summed E-state index contributed by atoms with van der Waals surface area (Å²) >= 11 is 18.5. The first-order valence-electron chi connectivity index (χ1n) is 30.8. The maximum Gasteiger partial charge on any atom is 1.00 e. The van der Waals surface area contributed by atoms with Gasteiger partial charge in [0.2, 0.25) is 0 Å². The van der Waals surface area contributed by atoms with Crippen LogP contribution < -0.4 is 123 Å². The largest absolute Gasteiger partial charge is 1.00 e. The summed E-state index contributed by atoms with van der Waals surface area (Å²) in [5.74, 6) is 1.13. The van der Waals surface area contributed by atoms with Gasteiger partial charge in [-0.3, -0.25) is 4.79 Å². The Morgan fingerprint density at radius 1 is 0.347 bits per heavy atom. The molecule has 0 bridgehead atoms. The first-order chi connectivity index (χ1) is 47.5. The van der Waals surface area contributed by atoms with Crippen LogP contribution in [-0.2, 0) is 9.68 Å². The third kappa shape index (κ3) is 22.0. The third-order valence-corrected chi connectivity index (χ3v) is 18.0. The molecule has 1 N–H and O–H groups in total. The van der Waals surface area contributed by atoms with E-state index < -0.39 is 5.82 Å². The molecular weight excluding hydrogens is 1480 g/mol. The SMILES string of the molecule is C.C.Clc1c(Br)cccc1Oc1cccc(N(c2ccccc2)c2cccc(-c3cccc(-c4cccc(-c5ccccc5)c4)c3)c2)c1.Fc1cccc(Br)c1Cl.O=CO[O-].Oc1cccc(N(c2ccccc2)c2cccc(-c3cccc(-c4cccc(-c5ccccc5)c4)c3)c2)c1.[H-].[K+].[K+]. The van der Waals surface area contributed by atoms with Crippen LogP contribution in [0.4, 0.5) is 38.5 Å². The van der Waals surface area contributed by atoms with Crippen LogP contribution in [0.1, 0.15) is 16.3 Å². The fraction of sp³-hybridized carbons (Fsp3) is 0.0230. The van der Waals surface area contributed by atoms with Gasteiger partial charge in [-0.15, -0.1) is 0 Å². The molecule has 0 unspecified atom stereocenters. The Kier molecular flexibility index (Phi) is 32.7. The standard InChI is InChI=1S/C42H29BrClNO.C36H27NO.C6H3BrClF.CH2O3.2CH4.2K.H/c43-40-24-11-25-41(42(40)44)46-39-23-10-22-38(29-39)45(36-19-5-2-6-20-36)37-21-9-18-35(28-37)34-17-8-16-33(27-34)32-15-7-14-31(26-32)30-12-3-1-4-13-30;38-36-22-10-21-35(26-36)37(33-18-5-2-6-19-33)34-20-9-17-32(25-34)31-16-8-15-30(24-31)29-14-7-13-28(23-29)27-11-3-1-4-12-27;7-4-2-1-3-5(9)6(4)8;2-1-4-3;;;;;/h1-29H;1-26,38H;1-3H;1,3H;2*1H4;;;/q;;;;;;2*+1;-1/p-1. The van der Waals surface area contributed by atoms with Gasteiger partial charge in [0, 0.05) is 55.2 Å². The second kappa shape index (κ2) is 40.9. The zero-order chi connectivity index (χ0) is 67.3. The number of carbonyl (C=O) groups excluding carboxylic acids is 1. The molecule has 0 aromatic heterocycles. The predicted molar refractivity (Wildman–Crippen MR) is 417 cm³/mol. The van der Waals surface area contributed by atoms with Gasteiger partial charge in [0.15, 0.2) is 0 Å². The summed E-state index contributed by atoms with van der Waals surface area (Å²) in [5, 5.41) is 19.3. The number of hydrogen-bond donors (Lipinski definition) is 1. The molecule has 494 valence electrons. The van der Waals surface area contributed by atoms with Crippen molar-refractivity contribution in [2.75, 3.05) is 9.80 Å². The molecule has 14 aromatic carbocycles. The van der Waals surface area contributed by atoms with Gasteiger partial charge in [-0.1, -0.05) is 256 Å². The van der Waals surface area contributed by atoms with Crippen molar-refractivity contribution in [2.45, 2.75) is 14.9 Å². The molecule has 0 saturated heterocycles. The van der Waals surface area contributed by atoms with Crippen molar-refractivity contribution in [3.63, 3.8) is 0 Å². The Hall–Kier alpha value is -7.55. The van der Waals surface area contributed by atoms with E-state index in [0.717, 1.165) is 60.9 Å². The fourth-order valence-electron chi connectivity index (χ4n) is 11.0. The molecule has 0 aliphatic rings. The molecule has 0 aliphatic heterocycles. The summed E-state index contributed by atoms with van der Waals surface area (Å²) in [6.45, 7) is -0.181. The maximum atomic E-state index is 12.4. The van der Waals surface area contributed by atoms with Crippen molar-refractivity contribution in [3.05, 3.63) is 377 Å². The number of halogens is 5. The molecule has 0 radical (unpaired) electrons. The van der Waals surface area contributed by atoms with E-state index in [4.69, 9.17) is 38.0 Å². The minimum Gasteiger partial charge on any atom is -1.00 e. The number of nitrogens with zero attached hydrogens (tertiary/aromatic N) is 2. The van der Waals surface area contributed by atoms with Gasteiger partial charge in [0.1, 0.15) is 23.1 Å². The van der Waals surface area contributed by atoms with E-state index in [2.05, 4.69) is 283 Å². The smallest absolute Gasteiger partial charge is 1.00 e. The molecule has 14 aromatic rings. The van der Waals surface area contributed by atoms with Crippen molar-refractivity contribution >= 4 is 95.7 Å². The molecule has 14 rings (SSSR count). The van der Waals surface area contributed by atoms with E-state index in [1.807, 2.05) is 84.9 Å². The summed E-state index contributed by atoms with van der Waals surface area (Å²) in [4.78, 5) is 15.7. The number of rotatable bonds is 15. The Balaban J connectivity index is 0.000000264. The van der Waals surface area contributed by atoms with Crippen LogP contribution in [-0.4, -0.2) is 11.6 Å². The minimum atomic E-state index is -0.397. The van der Waals surface area contributed by atoms with E-state index in [1.165, 1.54) is 50.6 Å². The van der Waals surface area contributed by atoms with Gasteiger partial charge < -0.3 is 31.2 Å². The Morgan fingerprint density at radius 3 is 0.990 bits per heavy atom. The summed E-state index contributed by atoms with van der Waals surface area (Å²) in [6, 6.07) is 119. The van der Waals surface area contributed by atoms with Gasteiger partial charge in [0.05, 0.1) is 10.0 Å². The first-order valence-corrected chi connectivity index (χ1v) is 33.1. The number of hydrogen-bond acceptors (Lipinski definition) is 7. The molecule has 101 heavy (non-hydrogen) atoms. The average molecular weight is 1550 g/mol. The molecule has 0 aliphatic carbocycles. The maximum absolute atomic E-state index is 12.4. The van der Waals surface area contributed by atoms with Crippen LogP contribution in [0, 0.1) is 5.82 Å².